The Kier molecular flexibility index (Phi) is 5.33. The van der Waals surface area contributed by atoms with Gasteiger partial charge >= 0.3 is 0 Å². The molecule has 2 atom stereocenters. The number of rotatable bonds is 2. The first-order valence-electron chi connectivity index (χ1n) is 10.7. The number of piperidine rings is 1. The van der Waals surface area contributed by atoms with Crippen LogP contribution in [0.15, 0.2) is 24.3 Å². The van der Waals surface area contributed by atoms with E-state index in [1.165, 1.54) is 0 Å². The maximum absolute atomic E-state index is 13.2. The summed E-state index contributed by atoms with van der Waals surface area (Å²) in [5, 5.41) is 0.562. The third-order valence-electron chi connectivity index (χ3n) is 7.75. The highest BCUT2D eigenvalue weighted by molar-refractivity contribution is 6.30. The Morgan fingerprint density at radius 3 is 2.37 bits per heavy atom. The monoisotopic (exact) mass is 431 g/mol. The molecule has 2 saturated heterocycles. The summed E-state index contributed by atoms with van der Waals surface area (Å²) in [6, 6.07) is 7.08. The van der Waals surface area contributed by atoms with Crippen LogP contribution in [0.5, 0.6) is 0 Å². The molecule has 0 radical (unpaired) electrons. The number of halogens is 1. The van der Waals surface area contributed by atoms with E-state index in [0.29, 0.717) is 36.8 Å². The summed E-state index contributed by atoms with van der Waals surface area (Å²) in [6.45, 7) is 4.12. The third-order valence-corrected chi connectivity index (χ3v) is 7.98. The molecule has 2 heterocycles. The Morgan fingerprint density at radius 1 is 1.07 bits per heavy atom. The molecular formula is C23H30ClN3O3. The molecule has 1 spiro atoms. The fraction of sp³-hybridized carbons (Fsp3) is 0.609. The zero-order valence-electron chi connectivity index (χ0n) is 18.0. The topological polar surface area (TPSA) is 60.9 Å². The van der Waals surface area contributed by atoms with Gasteiger partial charge in [-0.1, -0.05) is 17.7 Å². The van der Waals surface area contributed by atoms with Crippen LogP contribution < -0.4 is 0 Å². The minimum absolute atomic E-state index is 0.0118. The van der Waals surface area contributed by atoms with E-state index in [1.807, 2.05) is 23.9 Å². The lowest BCUT2D eigenvalue weighted by molar-refractivity contribution is -0.141. The molecule has 1 aromatic rings. The predicted molar refractivity (Wildman–Crippen MR) is 115 cm³/mol. The molecule has 7 heteroatoms. The molecule has 2 aliphatic heterocycles. The average molecular weight is 432 g/mol. The van der Waals surface area contributed by atoms with E-state index in [0.717, 1.165) is 25.7 Å². The molecule has 0 unspecified atom stereocenters. The van der Waals surface area contributed by atoms with Gasteiger partial charge in [-0.2, -0.15) is 0 Å². The van der Waals surface area contributed by atoms with Crippen LogP contribution in [0.1, 0.15) is 43.0 Å². The van der Waals surface area contributed by atoms with Crippen molar-refractivity contribution in [2.75, 3.05) is 40.3 Å². The van der Waals surface area contributed by atoms with Crippen LogP contribution in [-0.4, -0.2) is 72.7 Å². The van der Waals surface area contributed by atoms with E-state index in [4.69, 9.17) is 11.6 Å². The summed E-state index contributed by atoms with van der Waals surface area (Å²) in [5.41, 5.74) is 0.153. The maximum Gasteiger partial charge on any atom is 0.253 e. The quantitative estimate of drug-likeness (QED) is 0.723. The molecule has 0 N–H and O–H groups in total. The number of benzene rings is 1. The molecule has 6 nitrogen and oxygen atoms in total. The number of carbonyl (C=O) groups is 3. The highest BCUT2D eigenvalue weighted by atomic mass is 35.5. The van der Waals surface area contributed by atoms with Crippen LogP contribution in [0.25, 0.3) is 0 Å². The smallest absolute Gasteiger partial charge is 0.253 e. The summed E-state index contributed by atoms with van der Waals surface area (Å²) >= 11 is 6.06. The van der Waals surface area contributed by atoms with E-state index >= 15 is 0 Å². The molecule has 30 heavy (non-hydrogen) atoms. The van der Waals surface area contributed by atoms with E-state index in [-0.39, 0.29) is 29.1 Å². The largest absolute Gasteiger partial charge is 0.348 e. The van der Waals surface area contributed by atoms with Gasteiger partial charge in [0.25, 0.3) is 5.91 Å². The van der Waals surface area contributed by atoms with Crippen LogP contribution >= 0.6 is 11.6 Å². The molecule has 3 aliphatic rings. The van der Waals surface area contributed by atoms with Crippen molar-refractivity contribution >= 4 is 29.3 Å². The van der Waals surface area contributed by atoms with Crippen LogP contribution in [0.2, 0.25) is 5.02 Å². The lowest BCUT2D eigenvalue weighted by Gasteiger charge is -2.44. The van der Waals surface area contributed by atoms with Gasteiger partial charge in [0.15, 0.2) is 0 Å². The number of hydrogen-bond acceptors (Lipinski definition) is 3. The van der Waals surface area contributed by atoms with Gasteiger partial charge in [-0.25, -0.2) is 0 Å². The van der Waals surface area contributed by atoms with Gasteiger partial charge in [-0.05, 0) is 55.2 Å². The number of carbonyl (C=O) groups excluding carboxylic acids is 3. The summed E-state index contributed by atoms with van der Waals surface area (Å²) in [7, 11) is 3.61. The molecule has 1 aromatic carbocycles. The van der Waals surface area contributed by atoms with Gasteiger partial charge in [-0.15, -0.1) is 0 Å². The van der Waals surface area contributed by atoms with Crippen molar-refractivity contribution in [1.29, 1.82) is 0 Å². The summed E-state index contributed by atoms with van der Waals surface area (Å²) in [4.78, 5) is 43.8. The fourth-order valence-electron chi connectivity index (χ4n) is 6.16. The minimum atomic E-state index is -0.478. The molecule has 162 valence electrons. The summed E-state index contributed by atoms with van der Waals surface area (Å²) < 4.78 is 0. The maximum atomic E-state index is 13.2. The van der Waals surface area contributed by atoms with Gasteiger partial charge in [0.1, 0.15) is 0 Å². The molecule has 3 amide bonds. The van der Waals surface area contributed by atoms with E-state index < -0.39 is 5.41 Å². The molecule has 0 bridgehead atoms. The minimum Gasteiger partial charge on any atom is -0.348 e. The van der Waals surface area contributed by atoms with Crippen LogP contribution in [0.4, 0.5) is 0 Å². The third kappa shape index (κ3) is 3.29. The van der Waals surface area contributed by atoms with Crippen LogP contribution in [-0.2, 0) is 9.59 Å². The van der Waals surface area contributed by atoms with E-state index in [1.54, 1.807) is 36.1 Å². The zero-order chi connectivity index (χ0) is 21.7. The van der Waals surface area contributed by atoms with Gasteiger partial charge in [0, 0.05) is 57.8 Å². The standard InChI is InChI=1S/C23H30ClN3O3/c1-16(28)27-14-19-22(7-8-23(19,15-27)21(30)25(2)3)9-11-26(12-10-22)20(29)17-5-4-6-18(24)13-17/h4-6,13,19H,7-12,14-15H2,1-3H3/t19-,23+/m1/s1. The first-order chi connectivity index (χ1) is 14.2. The first kappa shape index (κ1) is 21.2. The predicted octanol–water partition coefficient (Wildman–Crippen LogP) is 2.91. The summed E-state index contributed by atoms with van der Waals surface area (Å²) in [5.74, 6) is 0.356. The van der Waals surface area contributed by atoms with Crippen LogP contribution in [0, 0.1) is 16.7 Å². The lowest BCUT2D eigenvalue weighted by atomic mass is 9.65. The number of likely N-dealkylation sites (tertiary alicyclic amines) is 2. The Labute approximate surface area is 183 Å². The number of hydrogen-bond donors (Lipinski definition) is 0. The van der Waals surface area contributed by atoms with Crippen molar-refractivity contribution in [3.05, 3.63) is 34.9 Å². The van der Waals surface area contributed by atoms with E-state index in [2.05, 4.69) is 0 Å². The van der Waals surface area contributed by atoms with Gasteiger partial charge in [-0.3, -0.25) is 14.4 Å². The van der Waals surface area contributed by atoms with E-state index in [9.17, 15) is 14.4 Å². The molecular weight excluding hydrogens is 402 g/mol. The van der Waals surface area contributed by atoms with Crippen molar-refractivity contribution < 1.29 is 14.4 Å². The van der Waals surface area contributed by atoms with Gasteiger partial charge < -0.3 is 14.7 Å². The second-order valence-electron chi connectivity index (χ2n) is 9.47. The van der Waals surface area contributed by atoms with Crippen molar-refractivity contribution in [2.45, 2.75) is 32.6 Å². The molecule has 1 aliphatic carbocycles. The highest BCUT2D eigenvalue weighted by Gasteiger charge is 2.65. The van der Waals surface area contributed by atoms with Gasteiger partial charge in [0.2, 0.25) is 11.8 Å². The van der Waals surface area contributed by atoms with Crippen molar-refractivity contribution in [3.8, 4) is 0 Å². The molecule has 3 fully saturated rings. The normalized spacial score (nSPS) is 27.3. The highest BCUT2D eigenvalue weighted by Crippen LogP contribution is 2.62. The Morgan fingerprint density at radius 2 is 1.77 bits per heavy atom. The van der Waals surface area contributed by atoms with Gasteiger partial charge in [0.05, 0.1) is 5.41 Å². The summed E-state index contributed by atoms with van der Waals surface area (Å²) in [6.07, 6.45) is 3.55. The number of amides is 3. The SMILES string of the molecule is CC(=O)N1C[C@@H]2C3(CCN(C(=O)c4cccc(Cl)c4)CC3)CC[C@]2(C(=O)N(C)C)C1. The first-order valence-corrected chi connectivity index (χ1v) is 11.1. The average Bonchev–Trinajstić information content (AvgIpc) is 3.25. The van der Waals surface area contributed by atoms with Crippen molar-refractivity contribution in [1.82, 2.24) is 14.7 Å². The Balaban J connectivity index is 1.54. The second kappa shape index (κ2) is 7.56. The molecule has 0 aromatic heterocycles. The van der Waals surface area contributed by atoms with Crippen LogP contribution in [0.3, 0.4) is 0 Å². The Hall–Kier alpha value is -2.08. The number of fused-ring (bicyclic) bond motifs is 2. The van der Waals surface area contributed by atoms with Crippen molar-refractivity contribution in [3.63, 3.8) is 0 Å². The fourth-order valence-corrected chi connectivity index (χ4v) is 6.35. The lowest BCUT2D eigenvalue weighted by Crippen LogP contribution is -2.49. The van der Waals surface area contributed by atoms with Crippen molar-refractivity contribution in [2.24, 2.45) is 16.7 Å². The molecule has 1 saturated carbocycles. The zero-order valence-corrected chi connectivity index (χ0v) is 18.7. The number of nitrogens with zero attached hydrogens (tertiary/aromatic N) is 3. The second-order valence-corrected chi connectivity index (χ2v) is 9.91. The molecule has 4 rings (SSSR count). The Bertz CT molecular complexity index is 878.